The molecule has 3 unspecified atom stereocenters. The van der Waals surface area contributed by atoms with Crippen molar-refractivity contribution in [1.82, 2.24) is 4.90 Å². The van der Waals surface area contributed by atoms with Crippen LogP contribution in [0.2, 0.25) is 0 Å². The number of esters is 2. The van der Waals surface area contributed by atoms with Crippen molar-refractivity contribution < 1.29 is 38.0 Å². The Balaban J connectivity index is 5.14. The van der Waals surface area contributed by atoms with E-state index in [2.05, 4.69) is 32.6 Å². The summed E-state index contributed by atoms with van der Waals surface area (Å²) in [5.41, 5.74) is 4.03. The first-order valence-corrected chi connectivity index (χ1v) is 18.2. The molecule has 0 spiro atoms. The van der Waals surface area contributed by atoms with Gasteiger partial charge in [-0.25, -0.2) is 0 Å². The van der Waals surface area contributed by atoms with Crippen LogP contribution in [0.25, 0.3) is 0 Å². The predicted molar refractivity (Wildman–Crippen MR) is 194 cm³/mol. The molecule has 0 saturated carbocycles. The number of rotatable bonds is 26. The van der Waals surface area contributed by atoms with E-state index in [1.807, 2.05) is 62.3 Å². The summed E-state index contributed by atoms with van der Waals surface area (Å²) in [5, 5.41) is 0. The highest BCUT2D eigenvalue weighted by molar-refractivity contribution is 5.72. The molecule has 0 heterocycles. The van der Waals surface area contributed by atoms with Gasteiger partial charge in [0.25, 0.3) is 0 Å². The van der Waals surface area contributed by atoms with Crippen molar-refractivity contribution in [3.8, 4) is 0 Å². The van der Waals surface area contributed by atoms with Gasteiger partial charge in [-0.1, -0.05) is 41.0 Å². The summed E-state index contributed by atoms with van der Waals surface area (Å²) in [6, 6.07) is -0.115. The largest absolute Gasteiger partial charge is 0.466 e. The SMILES string of the molecule is CCC(C)CC(C)(C)CN(CC(C)C(=O)OCCC(C)(C)OCCOC(C)(C)N)C(C)CC(=O)OCCC(C)(C)OCCOC(C)(C)C. The maximum absolute atomic E-state index is 13.1. The Morgan fingerprint density at radius 3 is 1.65 bits per heavy atom. The Morgan fingerprint density at radius 2 is 1.17 bits per heavy atom. The fraction of sp³-hybridized carbons (Fsp3) is 0.947. The Bertz CT molecular complexity index is 907. The molecule has 0 aliphatic carbocycles. The minimum atomic E-state index is -0.705. The lowest BCUT2D eigenvalue weighted by Gasteiger charge is -2.38. The number of nitrogens with zero attached hydrogens (tertiary/aromatic N) is 1. The van der Waals surface area contributed by atoms with Crippen LogP contribution >= 0.6 is 0 Å². The fourth-order valence-electron chi connectivity index (χ4n) is 5.34. The number of carbonyl (C=O) groups excluding carboxylic acids is 2. The molecule has 0 aromatic rings. The third-order valence-electron chi connectivity index (χ3n) is 8.30. The molecular formula is C38H76N2O8. The van der Waals surface area contributed by atoms with Gasteiger partial charge in [0, 0.05) is 32.0 Å². The van der Waals surface area contributed by atoms with Gasteiger partial charge < -0.3 is 34.2 Å². The lowest BCUT2D eigenvalue weighted by Crippen LogP contribution is -2.45. The number of carbonyl (C=O) groups is 2. The summed E-state index contributed by atoms with van der Waals surface area (Å²) in [7, 11) is 0. The van der Waals surface area contributed by atoms with Gasteiger partial charge in [-0.05, 0) is 87.0 Å². The van der Waals surface area contributed by atoms with Crippen molar-refractivity contribution in [1.29, 1.82) is 0 Å². The van der Waals surface area contributed by atoms with E-state index >= 15 is 0 Å². The molecule has 286 valence electrons. The summed E-state index contributed by atoms with van der Waals surface area (Å²) in [4.78, 5) is 28.3. The summed E-state index contributed by atoms with van der Waals surface area (Å²) < 4.78 is 34.6. The molecule has 0 saturated heterocycles. The Morgan fingerprint density at radius 1 is 0.688 bits per heavy atom. The average Bonchev–Trinajstić information content (AvgIpc) is 2.91. The molecule has 0 aromatic heterocycles. The first-order valence-electron chi connectivity index (χ1n) is 18.2. The zero-order valence-electron chi connectivity index (χ0n) is 33.7. The maximum atomic E-state index is 13.1. The maximum Gasteiger partial charge on any atom is 0.309 e. The van der Waals surface area contributed by atoms with E-state index in [9.17, 15) is 9.59 Å². The summed E-state index contributed by atoms with van der Waals surface area (Å²) >= 11 is 0. The van der Waals surface area contributed by atoms with E-state index < -0.39 is 16.9 Å². The number of hydrogen-bond acceptors (Lipinski definition) is 10. The highest BCUT2D eigenvalue weighted by atomic mass is 16.6. The van der Waals surface area contributed by atoms with Gasteiger partial charge in [0.1, 0.15) is 5.72 Å². The first kappa shape index (κ1) is 46.7. The third-order valence-corrected chi connectivity index (χ3v) is 8.30. The van der Waals surface area contributed by atoms with Gasteiger partial charge in [0.2, 0.25) is 0 Å². The van der Waals surface area contributed by atoms with Crippen molar-refractivity contribution in [2.75, 3.05) is 52.7 Å². The third kappa shape index (κ3) is 24.8. The number of ether oxygens (including phenoxy) is 6. The zero-order chi connectivity index (χ0) is 37.4. The van der Waals surface area contributed by atoms with Crippen LogP contribution in [0.1, 0.15) is 136 Å². The van der Waals surface area contributed by atoms with E-state index in [1.165, 1.54) is 0 Å². The lowest BCUT2D eigenvalue weighted by atomic mass is 9.81. The van der Waals surface area contributed by atoms with Crippen LogP contribution in [-0.2, 0) is 38.0 Å². The van der Waals surface area contributed by atoms with Crippen LogP contribution in [0.3, 0.4) is 0 Å². The molecule has 10 nitrogen and oxygen atoms in total. The topological polar surface area (TPSA) is 119 Å². The van der Waals surface area contributed by atoms with E-state index in [4.69, 9.17) is 34.2 Å². The van der Waals surface area contributed by atoms with Crippen molar-refractivity contribution in [2.24, 2.45) is 23.0 Å². The van der Waals surface area contributed by atoms with Crippen molar-refractivity contribution in [3.05, 3.63) is 0 Å². The molecule has 0 aliphatic rings. The molecule has 0 bridgehead atoms. The quantitative estimate of drug-likeness (QED) is 0.0570. The van der Waals surface area contributed by atoms with Crippen molar-refractivity contribution in [3.63, 3.8) is 0 Å². The number of nitrogens with two attached hydrogens (primary N) is 1. The summed E-state index contributed by atoms with van der Waals surface area (Å²) in [6.45, 7) is 34.0. The van der Waals surface area contributed by atoms with Crippen LogP contribution in [-0.4, -0.2) is 98.1 Å². The van der Waals surface area contributed by atoms with Gasteiger partial charge in [0.05, 0.1) is 68.8 Å². The highest BCUT2D eigenvalue weighted by Gasteiger charge is 2.31. The molecule has 10 heteroatoms. The van der Waals surface area contributed by atoms with E-state index in [0.29, 0.717) is 51.7 Å². The molecule has 0 aliphatic heterocycles. The molecule has 3 atom stereocenters. The van der Waals surface area contributed by atoms with Crippen LogP contribution in [0.15, 0.2) is 0 Å². The van der Waals surface area contributed by atoms with Crippen molar-refractivity contribution >= 4 is 11.9 Å². The van der Waals surface area contributed by atoms with Crippen LogP contribution in [0.5, 0.6) is 0 Å². The second kappa shape index (κ2) is 21.2. The summed E-state index contributed by atoms with van der Waals surface area (Å²) in [6.07, 6.45) is 3.53. The van der Waals surface area contributed by atoms with Crippen LogP contribution in [0.4, 0.5) is 0 Å². The van der Waals surface area contributed by atoms with Gasteiger partial charge in [-0.2, -0.15) is 0 Å². The van der Waals surface area contributed by atoms with Gasteiger partial charge in [-0.3, -0.25) is 14.5 Å². The standard InChI is InChI=1S/C38H76N2O8/c1-16-29(2)26-35(8,9)28-40(27-30(3)33(42)44-20-18-37(12,13)47-23-24-48-38(14,15)39)31(4)25-32(41)43-19-17-36(10,11)46-22-21-45-34(5,6)7/h29-31H,16-28,39H2,1-15H3. The molecule has 48 heavy (non-hydrogen) atoms. The molecule has 0 aromatic carbocycles. The second-order valence-electron chi connectivity index (χ2n) is 17.3. The molecule has 0 radical (unpaired) electrons. The first-order chi connectivity index (χ1) is 21.8. The average molecular weight is 689 g/mol. The summed E-state index contributed by atoms with van der Waals surface area (Å²) in [5.74, 6) is -0.299. The smallest absolute Gasteiger partial charge is 0.309 e. The van der Waals surface area contributed by atoms with Crippen LogP contribution in [0, 0.1) is 17.3 Å². The fourth-order valence-corrected chi connectivity index (χ4v) is 5.34. The molecule has 2 N–H and O–H groups in total. The minimum absolute atomic E-state index is 0.000521. The van der Waals surface area contributed by atoms with E-state index in [-0.39, 0.29) is 54.5 Å². The molecule has 0 fully saturated rings. The van der Waals surface area contributed by atoms with Gasteiger partial charge in [0.15, 0.2) is 0 Å². The van der Waals surface area contributed by atoms with Gasteiger partial charge in [-0.15, -0.1) is 0 Å². The predicted octanol–water partition coefficient (Wildman–Crippen LogP) is 7.15. The molecule has 0 amide bonds. The van der Waals surface area contributed by atoms with Crippen LogP contribution < -0.4 is 5.73 Å². The molecule has 0 rings (SSSR count). The zero-order valence-corrected chi connectivity index (χ0v) is 33.7. The molecular weight excluding hydrogens is 612 g/mol. The Kier molecular flexibility index (Phi) is 20.6. The number of hydrogen-bond donors (Lipinski definition) is 1. The second-order valence-corrected chi connectivity index (χ2v) is 17.3. The van der Waals surface area contributed by atoms with Gasteiger partial charge >= 0.3 is 11.9 Å². The monoisotopic (exact) mass is 689 g/mol. The Labute approximate surface area is 294 Å². The van der Waals surface area contributed by atoms with Crippen molar-refractivity contribution in [2.45, 2.75) is 165 Å². The Hall–Kier alpha value is -1.30. The highest BCUT2D eigenvalue weighted by Crippen LogP contribution is 2.30. The normalized spacial score (nSPS) is 15.4. The minimum Gasteiger partial charge on any atom is -0.466 e. The van der Waals surface area contributed by atoms with E-state index in [1.54, 1.807) is 13.8 Å². The lowest BCUT2D eigenvalue weighted by molar-refractivity contribution is -0.151. The van der Waals surface area contributed by atoms with E-state index in [0.717, 1.165) is 19.4 Å².